The molecule has 0 unspecified atom stereocenters. The summed E-state index contributed by atoms with van der Waals surface area (Å²) < 4.78 is 0. The maximum atomic E-state index is 6.16. The molecule has 0 spiro atoms. The molecule has 0 aromatic carbocycles. The highest BCUT2D eigenvalue weighted by molar-refractivity contribution is 5.74. The van der Waals surface area contributed by atoms with Gasteiger partial charge in [0.15, 0.2) is 11.6 Å². The van der Waals surface area contributed by atoms with Crippen LogP contribution in [-0.2, 0) is 0 Å². The van der Waals surface area contributed by atoms with Crippen molar-refractivity contribution < 1.29 is 0 Å². The van der Waals surface area contributed by atoms with Gasteiger partial charge in [0.05, 0.1) is 0 Å². The van der Waals surface area contributed by atoms with Crippen LogP contribution in [0.25, 0.3) is 0 Å². The second kappa shape index (κ2) is 5.63. The Morgan fingerprint density at radius 3 is 2.37 bits per heavy atom. The quantitative estimate of drug-likeness (QED) is 0.781. The molecule has 0 atom stereocenters. The Balaban J connectivity index is 2.10. The van der Waals surface area contributed by atoms with Gasteiger partial charge < -0.3 is 16.4 Å². The van der Waals surface area contributed by atoms with E-state index in [9.17, 15) is 0 Å². The molecule has 0 saturated heterocycles. The van der Waals surface area contributed by atoms with E-state index in [1.807, 2.05) is 0 Å². The van der Waals surface area contributed by atoms with Gasteiger partial charge in [0.1, 0.15) is 12.0 Å². The first-order valence-corrected chi connectivity index (χ1v) is 7.11. The molecule has 1 aliphatic rings. The third-order valence-corrected chi connectivity index (χ3v) is 3.32. The van der Waals surface area contributed by atoms with E-state index in [-0.39, 0.29) is 5.54 Å². The number of hydrogen-bond acceptors (Lipinski definition) is 5. The average molecular weight is 263 g/mol. The standard InChI is InChI=1S/C14H25N5/c1-14(2,3)19-13-11(15)12(16-9-17-13)18-10-7-5-4-6-8-10/h9-10H,4-8,15H2,1-3H3,(H2,16,17,18,19). The summed E-state index contributed by atoms with van der Waals surface area (Å²) in [6, 6.07) is 0.494. The fraction of sp³-hybridized carbons (Fsp3) is 0.714. The molecule has 0 amide bonds. The van der Waals surface area contributed by atoms with Crippen molar-refractivity contribution in [1.29, 1.82) is 0 Å². The van der Waals surface area contributed by atoms with Crippen molar-refractivity contribution in [3.8, 4) is 0 Å². The number of nitrogens with one attached hydrogen (secondary N) is 2. The number of nitrogens with two attached hydrogens (primary N) is 1. The number of rotatable bonds is 3. The molecular formula is C14H25N5. The molecule has 1 saturated carbocycles. The summed E-state index contributed by atoms with van der Waals surface area (Å²) in [6.45, 7) is 6.26. The lowest BCUT2D eigenvalue weighted by atomic mass is 9.95. The molecule has 5 nitrogen and oxygen atoms in total. The summed E-state index contributed by atoms with van der Waals surface area (Å²) in [6.07, 6.45) is 7.88. The van der Waals surface area contributed by atoms with Crippen LogP contribution in [0.3, 0.4) is 0 Å². The predicted octanol–water partition coefficient (Wildman–Crippen LogP) is 3.01. The Kier molecular flexibility index (Phi) is 4.12. The zero-order valence-electron chi connectivity index (χ0n) is 12.2. The number of nitrogen functional groups attached to an aromatic ring is 1. The van der Waals surface area contributed by atoms with Gasteiger partial charge in [-0.05, 0) is 33.6 Å². The summed E-state index contributed by atoms with van der Waals surface area (Å²) in [4.78, 5) is 8.51. The van der Waals surface area contributed by atoms with Crippen LogP contribution in [-0.4, -0.2) is 21.5 Å². The largest absolute Gasteiger partial charge is 0.393 e. The van der Waals surface area contributed by atoms with E-state index >= 15 is 0 Å². The smallest absolute Gasteiger partial charge is 0.155 e. The molecule has 1 aromatic heterocycles. The van der Waals surface area contributed by atoms with Crippen molar-refractivity contribution in [2.75, 3.05) is 16.4 Å². The van der Waals surface area contributed by atoms with Gasteiger partial charge >= 0.3 is 0 Å². The number of hydrogen-bond donors (Lipinski definition) is 3. The lowest BCUT2D eigenvalue weighted by Crippen LogP contribution is -2.28. The second-order valence-corrected chi connectivity index (χ2v) is 6.34. The van der Waals surface area contributed by atoms with E-state index in [1.54, 1.807) is 6.33 Å². The minimum atomic E-state index is -0.0649. The molecule has 5 heteroatoms. The highest BCUT2D eigenvalue weighted by atomic mass is 15.1. The SMILES string of the molecule is CC(C)(C)Nc1ncnc(NC2CCCCC2)c1N. The van der Waals surface area contributed by atoms with Crippen LogP contribution in [0.1, 0.15) is 52.9 Å². The molecule has 19 heavy (non-hydrogen) atoms. The van der Waals surface area contributed by atoms with Crippen molar-refractivity contribution >= 4 is 17.3 Å². The number of aromatic nitrogens is 2. The van der Waals surface area contributed by atoms with Crippen LogP contribution in [0.4, 0.5) is 17.3 Å². The van der Waals surface area contributed by atoms with Crippen molar-refractivity contribution in [2.24, 2.45) is 0 Å². The van der Waals surface area contributed by atoms with Crippen LogP contribution in [0, 0.1) is 0 Å². The van der Waals surface area contributed by atoms with E-state index in [4.69, 9.17) is 5.73 Å². The van der Waals surface area contributed by atoms with Crippen LogP contribution in [0.5, 0.6) is 0 Å². The Morgan fingerprint density at radius 2 is 1.74 bits per heavy atom. The first kappa shape index (κ1) is 13.9. The van der Waals surface area contributed by atoms with Gasteiger partial charge in [0.25, 0.3) is 0 Å². The van der Waals surface area contributed by atoms with Gasteiger partial charge in [-0.15, -0.1) is 0 Å². The van der Waals surface area contributed by atoms with Crippen LogP contribution in [0.2, 0.25) is 0 Å². The molecule has 0 bridgehead atoms. The first-order valence-electron chi connectivity index (χ1n) is 7.11. The fourth-order valence-corrected chi connectivity index (χ4v) is 2.41. The van der Waals surface area contributed by atoms with Gasteiger partial charge in [0.2, 0.25) is 0 Å². The van der Waals surface area contributed by atoms with Crippen LogP contribution < -0.4 is 16.4 Å². The third kappa shape index (κ3) is 3.98. The highest BCUT2D eigenvalue weighted by Gasteiger charge is 2.18. The zero-order valence-corrected chi connectivity index (χ0v) is 12.2. The summed E-state index contributed by atoms with van der Waals surface area (Å²) in [5.74, 6) is 1.47. The summed E-state index contributed by atoms with van der Waals surface area (Å²) >= 11 is 0. The van der Waals surface area contributed by atoms with E-state index in [2.05, 4.69) is 41.4 Å². The van der Waals surface area contributed by atoms with Gasteiger partial charge in [0, 0.05) is 11.6 Å². The summed E-state index contributed by atoms with van der Waals surface area (Å²) in [5.41, 5.74) is 6.71. The Hall–Kier alpha value is -1.52. The fourth-order valence-electron chi connectivity index (χ4n) is 2.41. The summed E-state index contributed by atoms with van der Waals surface area (Å²) in [7, 11) is 0. The third-order valence-electron chi connectivity index (χ3n) is 3.32. The first-order chi connectivity index (χ1) is 8.96. The molecule has 1 aromatic rings. The molecule has 1 fully saturated rings. The number of nitrogens with zero attached hydrogens (tertiary/aromatic N) is 2. The molecule has 1 aliphatic carbocycles. The van der Waals surface area contributed by atoms with Gasteiger partial charge in [-0.2, -0.15) is 0 Å². The Bertz CT molecular complexity index is 418. The molecule has 1 heterocycles. The van der Waals surface area contributed by atoms with Crippen molar-refractivity contribution in [2.45, 2.75) is 64.5 Å². The van der Waals surface area contributed by atoms with Crippen molar-refractivity contribution in [3.05, 3.63) is 6.33 Å². The maximum Gasteiger partial charge on any atom is 0.155 e. The second-order valence-electron chi connectivity index (χ2n) is 6.34. The summed E-state index contributed by atoms with van der Waals surface area (Å²) in [5, 5.41) is 6.77. The molecule has 2 rings (SSSR count). The molecule has 106 valence electrons. The van der Waals surface area contributed by atoms with Crippen LogP contribution in [0.15, 0.2) is 6.33 Å². The monoisotopic (exact) mass is 263 g/mol. The molecule has 4 N–H and O–H groups in total. The van der Waals surface area contributed by atoms with E-state index in [0.29, 0.717) is 17.5 Å². The topological polar surface area (TPSA) is 75.9 Å². The molecule has 0 radical (unpaired) electrons. The minimum absolute atomic E-state index is 0.0649. The van der Waals surface area contributed by atoms with Gasteiger partial charge in [-0.25, -0.2) is 9.97 Å². The predicted molar refractivity (Wildman–Crippen MR) is 80.3 cm³/mol. The van der Waals surface area contributed by atoms with E-state index in [0.717, 1.165) is 5.82 Å². The highest BCUT2D eigenvalue weighted by Crippen LogP contribution is 2.28. The Morgan fingerprint density at radius 1 is 1.11 bits per heavy atom. The van der Waals surface area contributed by atoms with Gasteiger partial charge in [-0.1, -0.05) is 19.3 Å². The lowest BCUT2D eigenvalue weighted by molar-refractivity contribution is 0.462. The van der Waals surface area contributed by atoms with Crippen molar-refractivity contribution in [1.82, 2.24) is 9.97 Å². The minimum Gasteiger partial charge on any atom is -0.393 e. The normalized spacial score (nSPS) is 17.2. The Labute approximate surface area is 115 Å². The van der Waals surface area contributed by atoms with Gasteiger partial charge in [-0.3, -0.25) is 0 Å². The lowest BCUT2D eigenvalue weighted by Gasteiger charge is -2.26. The zero-order chi connectivity index (χ0) is 13.9. The molecular weight excluding hydrogens is 238 g/mol. The maximum absolute atomic E-state index is 6.16. The van der Waals surface area contributed by atoms with Crippen molar-refractivity contribution in [3.63, 3.8) is 0 Å². The molecule has 0 aliphatic heterocycles. The van der Waals surface area contributed by atoms with Crippen LogP contribution >= 0.6 is 0 Å². The van der Waals surface area contributed by atoms with E-state index in [1.165, 1.54) is 32.1 Å². The van der Waals surface area contributed by atoms with E-state index < -0.39 is 0 Å². The number of anilines is 3. The average Bonchev–Trinajstić information content (AvgIpc) is 2.34.